The highest BCUT2D eigenvalue weighted by molar-refractivity contribution is 9.12. The van der Waals surface area contributed by atoms with Gasteiger partial charge in [-0.25, -0.2) is 0 Å². The number of hydrogen-bond acceptors (Lipinski definition) is 1. The van der Waals surface area contributed by atoms with Crippen molar-refractivity contribution in [3.63, 3.8) is 0 Å². The fraction of sp³-hybridized carbons (Fsp3) is 0.300. The normalized spacial score (nSPS) is 12.2. The fourth-order valence-electron chi connectivity index (χ4n) is 1.05. The first-order valence-electron chi connectivity index (χ1n) is 4.19. The van der Waals surface area contributed by atoms with E-state index in [0.717, 1.165) is 5.69 Å². The Labute approximate surface area is 101 Å². The fourth-order valence-corrected chi connectivity index (χ4v) is 1.64. The summed E-state index contributed by atoms with van der Waals surface area (Å²) in [6, 6.07) is 9.57. The van der Waals surface area contributed by atoms with Gasteiger partial charge < -0.3 is 4.90 Å². The Morgan fingerprint density at radius 2 is 2.00 bits per heavy atom. The number of benzene rings is 1. The van der Waals surface area contributed by atoms with E-state index in [-0.39, 0.29) is 10.7 Å². The molecule has 0 spiro atoms. The van der Waals surface area contributed by atoms with Crippen LogP contribution in [0.3, 0.4) is 0 Å². The molecule has 14 heavy (non-hydrogen) atoms. The molecule has 0 aliphatic rings. The van der Waals surface area contributed by atoms with Gasteiger partial charge in [0.05, 0.1) is 0 Å². The van der Waals surface area contributed by atoms with Crippen LogP contribution in [0.5, 0.6) is 0 Å². The molecular formula is C10H11Br2NO. The molecule has 0 aromatic heterocycles. The first-order chi connectivity index (χ1) is 6.66. The van der Waals surface area contributed by atoms with Crippen LogP contribution >= 0.6 is 31.9 Å². The maximum absolute atomic E-state index is 11.7. The highest BCUT2D eigenvalue weighted by atomic mass is 79.9. The van der Waals surface area contributed by atoms with Gasteiger partial charge >= 0.3 is 0 Å². The lowest BCUT2D eigenvalue weighted by molar-refractivity contribution is -0.117. The number of hydrogen-bond donors (Lipinski definition) is 0. The summed E-state index contributed by atoms with van der Waals surface area (Å²) in [4.78, 5) is 13.2. The minimum absolute atomic E-state index is 0.0491. The third-order valence-electron chi connectivity index (χ3n) is 1.88. The van der Waals surface area contributed by atoms with Crippen LogP contribution < -0.4 is 4.90 Å². The van der Waals surface area contributed by atoms with Gasteiger partial charge in [-0.15, -0.1) is 0 Å². The number of para-hydroxylation sites is 1. The molecule has 0 radical (unpaired) electrons. The van der Waals surface area contributed by atoms with Gasteiger partial charge in [-0.05, 0) is 12.1 Å². The van der Waals surface area contributed by atoms with E-state index in [9.17, 15) is 4.79 Å². The number of rotatable bonds is 3. The average Bonchev–Trinajstić information content (AvgIpc) is 2.27. The lowest BCUT2D eigenvalue weighted by atomic mass is 10.3. The third-order valence-corrected chi connectivity index (χ3v) is 4.11. The largest absolute Gasteiger partial charge is 0.315 e. The third kappa shape index (κ3) is 2.82. The Balaban J connectivity index is 2.76. The van der Waals surface area contributed by atoms with Crippen molar-refractivity contribution in [2.24, 2.45) is 0 Å². The van der Waals surface area contributed by atoms with E-state index in [1.165, 1.54) is 0 Å². The summed E-state index contributed by atoms with van der Waals surface area (Å²) in [7, 11) is 1.77. The van der Waals surface area contributed by atoms with E-state index in [1.54, 1.807) is 11.9 Å². The highest BCUT2D eigenvalue weighted by Crippen LogP contribution is 2.15. The van der Waals surface area contributed by atoms with Crippen LogP contribution in [0.15, 0.2) is 30.3 Å². The molecule has 0 heterocycles. The van der Waals surface area contributed by atoms with Crippen LogP contribution in [0.1, 0.15) is 0 Å². The van der Waals surface area contributed by atoms with Crippen LogP contribution in [-0.4, -0.2) is 23.1 Å². The molecule has 4 heteroatoms. The molecule has 0 fully saturated rings. The maximum Gasteiger partial charge on any atom is 0.241 e. The lowest BCUT2D eigenvalue weighted by Gasteiger charge is -2.19. The van der Waals surface area contributed by atoms with Crippen molar-refractivity contribution in [3.05, 3.63) is 30.3 Å². The second kappa shape index (κ2) is 5.51. The number of anilines is 1. The van der Waals surface area contributed by atoms with Gasteiger partial charge in [0.25, 0.3) is 0 Å². The first kappa shape index (κ1) is 11.7. The van der Waals surface area contributed by atoms with Crippen LogP contribution in [0, 0.1) is 0 Å². The number of halogens is 2. The molecule has 0 bridgehead atoms. The van der Waals surface area contributed by atoms with E-state index >= 15 is 0 Å². The molecule has 1 atom stereocenters. The van der Waals surface area contributed by atoms with Crippen LogP contribution in [0.4, 0.5) is 5.69 Å². The zero-order valence-electron chi connectivity index (χ0n) is 7.78. The molecule has 0 saturated carbocycles. The summed E-state index contributed by atoms with van der Waals surface area (Å²) < 4.78 is 0. The van der Waals surface area contributed by atoms with E-state index in [1.807, 2.05) is 30.3 Å². The Bertz CT molecular complexity index is 302. The lowest BCUT2D eigenvalue weighted by Crippen LogP contribution is -2.33. The predicted octanol–water partition coefficient (Wildman–Crippen LogP) is 2.81. The summed E-state index contributed by atoms with van der Waals surface area (Å²) >= 11 is 6.56. The van der Waals surface area contributed by atoms with Crippen molar-refractivity contribution >= 4 is 43.5 Å². The molecule has 1 aromatic carbocycles. The molecule has 0 saturated heterocycles. The zero-order valence-corrected chi connectivity index (χ0v) is 11.0. The van der Waals surface area contributed by atoms with Gasteiger partial charge in [-0.1, -0.05) is 50.1 Å². The second-order valence-corrected chi connectivity index (χ2v) is 4.61. The van der Waals surface area contributed by atoms with Gasteiger partial charge in [-0.2, -0.15) is 0 Å². The topological polar surface area (TPSA) is 20.3 Å². The molecule has 0 unspecified atom stereocenters. The molecule has 0 N–H and O–H groups in total. The number of carbonyl (C=O) groups is 1. The molecule has 76 valence electrons. The van der Waals surface area contributed by atoms with Gasteiger partial charge in [0.15, 0.2) is 0 Å². The molecule has 0 aliphatic heterocycles. The predicted molar refractivity (Wildman–Crippen MR) is 66.4 cm³/mol. The Hall–Kier alpha value is -0.350. The van der Waals surface area contributed by atoms with E-state index in [4.69, 9.17) is 0 Å². The van der Waals surface area contributed by atoms with E-state index in [2.05, 4.69) is 31.9 Å². The van der Waals surface area contributed by atoms with Crippen LogP contribution in [0.2, 0.25) is 0 Å². The molecule has 1 amide bonds. The summed E-state index contributed by atoms with van der Waals surface area (Å²) in [6.07, 6.45) is 0. The summed E-state index contributed by atoms with van der Waals surface area (Å²) in [6.45, 7) is 0. The summed E-state index contributed by atoms with van der Waals surface area (Å²) in [5.74, 6) is 0.0491. The number of carbonyl (C=O) groups excluding carboxylic acids is 1. The Morgan fingerprint density at radius 1 is 1.43 bits per heavy atom. The Kier molecular flexibility index (Phi) is 4.62. The summed E-state index contributed by atoms with van der Waals surface area (Å²) in [5.41, 5.74) is 0.905. The highest BCUT2D eigenvalue weighted by Gasteiger charge is 2.18. The monoisotopic (exact) mass is 319 g/mol. The number of amides is 1. The molecule has 1 aromatic rings. The van der Waals surface area contributed by atoms with Crippen molar-refractivity contribution < 1.29 is 4.79 Å². The Morgan fingerprint density at radius 3 is 2.50 bits per heavy atom. The van der Waals surface area contributed by atoms with Crippen molar-refractivity contribution in [2.45, 2.75) is 4.83 Å². The van der Waals surface area contributed by atoms with Crippen molar-refractivity contribution in [1.82, 2.24) is 0 Å². The maximum atomic E-state index is 11.7. The van der Waals surface area contributed by atoms with Crippen molar-refractivity contribution in [3.8, 4) is 0 Å². The smallest absolute Gasteiger partial charge is 0.241 e. The zero-order chi connectivity index (χ0) is 10.6. The van der Waals surface area contributed by atoms with Crippen molar-refractivity contribution in [2.75, 3.05) is 17.3 Å². The SMILES string of the molecule is CN(C(=O)[C@@H](Br)CBr)c1ccccc1. The standard InChI is InChI=1S/C10H11Br2NO/c1-13(10(14)9(12)7-11)8-5-3-2-4-6-8/h2-6,9H,7H2,1H3/t9-/m0/s1. The molecule has 2 nitrogen and oxygen atoms in total. The minimum Gasteiger partial charge on any atom is -0.315 e. The van der Waals surface area contributed by atoms with Crippen molar-refractivity contribution in [1.29, 1.82) is 0 Å². The van der Waals surface area contributed by atoms with E-state index < -0.39 is 0 Å². The average molecular weight is 321 g/mol. The van der Waals surface area contributed by atoms with Gasteiger partial charge in [0, 0.05) is 18.1 Å². The number of nitrogens with zero attached hydrogens (tertiary/aromatic N) is 1. The van der Waals surface area contributed by atoms with Crippen LogP contribution in [-0.2, 0) is 4.79 Å². The van der Waals surface area contributed by atoms with Crippen LogP contribution in [0.25, 0.3) is 0 Å². The van der Waals surface area contributed by atoms with Gasteiger partial charge in [0.1, 0.15) is 4.83 Å². The summed E-state index contributed by atoms with van der Waals surface area (Å²) in [5, 5.41) is 0.614. The van der Waals surface area contributed by atoms with Gasteiger partial charge in [0.2, 0.25) is 5.91 Å². The van der Waals surface area contributed by atoms with Gasteiger partial charge in [-0.3, -0.25) is 4.79 Å². The quantitative estimate of drug-likeness (QED) is 0.784. The molecular weight excluding hydrogens is 310 g/mol. The van der Waals surface area contributed by atoms with E-state index in [0.29, 0.717) is 5.33 Å². The molecule has 0 aliphatic carbocycles. The first-order valence-corrected chi connectivity index (χ1v) is 6.23. The molecule has 1 rings (SSSR count). The number of alkyl halides is 2. The minimum atomic E-state index is -0.173. The second-order valence-electron chi connectivity index (χ2n) is 2.85.